The van der Waals surface area contributed by atoms with Crippen molar-refractivity contribution < 1.29 is 4.92 Å². The van der Waals surface area contributed by atoms with Crippen LogP contribution in [0.4, 0.5) is 0 Å². The fraction of sp³-hybridized carbons (Fsp3) is 1.00. The van der Waals surface area contributed by atoms with Crippen molar-refractivity contribution in [3.8, 4) is 0 Å². The zero-order chi connectivity index (χ0) is 7.61. The van der Waals surface area contributed by atoms with E-state index in [4.69, 9.17) is 0 Å². The molecule has 1 aliphatic rings. The number of nitrogens with zero attached hydrogens (tertiary/aromatic N) is 1. The van der Waals surface area contributed by atoms with Gasteiger partial charge in [-0.25, -0.2) is 0 Å². The van der Waals surface area contributed by atoms with Gasteiger partial charge in [0.15, 0.2) is 0 Å². The Morgan fingerprint density at radius 1 is 1.30 bits per heavy atom. The Morgan fingerprint density at radius 3 is 2.10 bits per heavy atom. The average Bonchev–Trinajstić information content (AvgIpc) is 1.89. The van der Waals surface area contributed by atoms with Crippen LogP contribution in [0.1, 0.15) is 32.1 Å². The molecule has 1 fully saturated rings. The van der Waals surface area contributed by atoms with Gasteiger partial charge >= 0.3 is 0 Å². The van der Waals surface area contributed by atoms with Crippen LogP contribution in [-0.2, 0) is 0 Å². The van der Waals surface area contributed by atoms with E-state index < -0.39 is 3.55 Å². The summed E-state index contributed by atoms with van der Waals surface area (Å²) in [7, 11) is 0. The molecule has 1 saturated carbocycles. The molecule has 0 aromatic heterocycles. The van der Waals surface area contributed by atoms with E-state index >= 15 is 0 Å². The van der Waals surface area contributed by atoms with Crippen LogP contribution in [0, 0.1) is 10.1 Å². The third-order valence-electron chi connectivity index (χ3n) is 1.95. The van der Waals surface area contributed by atoms with Crippen molar-refractivity contribution >= 4 is 22.6 Å². The smallest absolute Gasteiger partial charge is 0.263 e. The third-order valence-corrected chi connectivity index (χ3v) is 3.42. The molecule has 0 aromatic rings. The molecule has 0 aromatic carbocycles. The van der Waals surface area contributed by atoms with E-state index in [0.717, 1.165) is 25.7 Å². The van der Waals surface area contributed by atoms with Crippen molar-refractivity contribution in [3.63, 3.8) is 0 Å². The van der Waals surface area contributed by atoms with E-state index in [1.807, 2.05) is 22.6 Å². The van der Waals surface area contributed by atoms with Crippen LogP contribution in [0.25, 0.3) is 0 Å². The maximum Gasteiger partial charge on any atom is 0.269 e. The summed E-state index contributed by atoms with van der Waals surface area (Å²) in [5.41, 5.74) is 0. The summed E-state index contributed by atoms with van der Waals surface area (Å²) in [6.07, 6.45) is 4.70. The van der Waals surface area contributed by atoms with Crippen molar-refractivity contribution in [2.75, 3.05) is 0 Å². The number of alkyl halides is 1. The molecule has 0 amide bonds. The van der Waals surface area contributed by atoms with E-state index in [-0.39, 0.29) is 4.92 Å². The minimum absolute atomic E-state index is 0.132. The Kier molecular flexibility index (Phi) is 2.49. The zero-order valence-electron chi connectivity index (χ0n) is 5.68. The van der Waals surface area contributed by atoms with Gasteiger partial charge in [0.2, 0.25) is 0 Å². The molecule has 4 heteroatoms. The fourth-order valence-corrected chi connectivity index (χ4v) is 2.04. The SMILES string of the molecule is O=[N+]([O-])C1(I)CCCCC1. The molecule has 0 heterocycles. The second-order valence-electron chi connectivity index (χ2n) is 2.74. The predicted molar refractivity (Wildman–Crippen MR) is 46.8 cm³/mol. The van der Waals surface area contributed by atoms with Gasteiger partial charge in [-0.2, -0.15) is 0 Å². The number of hydrogen-bond donors (Lipinski definition) is 0. The van der Waals surface area contributed by atoms with Crippen molar-refractivity contribution in [1.82, 2.24) is 0 Å². The molecule has 1 rings (SSSR count). The molecule has 0 aliphatic heterocycles. The molecule has 0 unspecified atom stereocenters. The monoisotopic (exact) mass is 255 g/mol. The normalized spacial score (nSPS) is 24.1. The maximum absolute atomic E-state index is 10.5. The van der Waals surface area contributed by atoms with Crippen LogP contribution in [0.5, 0.6) is 0 Å². The summed E-state index contributed by atoms with van der Waals surface area (Å²) >= 11 is 1.98. The molecule has 10 heavy (non-hydrogen) atoms. The summed E-state index contributed by atoms with van der Waals surface area (Å²) in [5, 5.41) is 10.5. The van der Waals surface area contributed by atoms with Gasteiger partial charge in [-0.1, -0.05) is 6.42 Å². The molecule has 0 N–H and O–H groups in total. The quantitative estimate of drug-likeness (QED) is 0.237. The maximum atomic E-state index is 10.5. The van der Waals surface area contributed by atoms with E-state index in [1.54, 1.807) is 0 Å². The standard InChI is InChI=1S/C6H10INO2/c7-6(8(9)10)4-2-1-3-5-6/h1-5H2. The third kappa shape index (κ3) is 1.59. The van der Waals surface area contributed by atoms with Gasteiger partial charge in [-0.3, -0.25) is 10.1 Å². The van der Waals surface area contributed by atoms with Gasteiger partial charge in [-0.15, -0.1) is 0 Å². The minimum atomic E-state index is -0.629. The Hall–Kier alpha value is 0.130. The summed E-state index contributed by atoms with van der Waals surface area (Å²) < 4.78 is -0.629. The number of nitro groups is 1. The lowest BCUT2D eigenvalue weighted by molar-refractivity contribution is -0.534. The van der Waals surface area contributed by atoms with Gasteiger partial charge in [-0.05, 0) is 12.8 Å². The van der Waals surface area contributed by atoms with Crippen molar-refractivity contribution in [2.24, 2.45) is 0 Å². The Morgan fingerprint density at radius 2 is 1.80 bits per heavy atom. The van der Waals surface area contributed by atoms with Crippen molar-refractivity contribution in [1.29, 1.82) is 0 Å². The highest BCUT2D eigenvalue weighted by Crippen LogP contribution is 2.36. The first-order chi connectivity index (χ1) is 4.65. The van der Waals surface area contributed by atoms with Gasteiger partial charge in [0.25, 0.3) is 3.55 Å². The minimum Gasteiger partial charge on any atom is -0.263 e. The zero-order valence-corrected chi connectivity index (χ0v) is 7.83. The highest BCUT2D eigenvalue weighted by Gasteiger charge is 2.40. The lowest BCUT2D eigenvalue weighted by atomic mass is 9.96. The van der Waals surface area contributed by atoms with Crippen molar-refractivity contribution in [3.05, 3.63) is 10.1 Å². The van der Waals surface area contributed by atoms with Crippen LogP contribution < -0.4 is 0 Å². The molecule has 0 atom stereocenters. The molecule has 0 bridgehead atoms. The molecule has 3 nitrogen and oxygen atoms in total. The molecule has 1 aliphatic carbocycles. The summed E-state index contributed by atoms with van der Waals surface area (Å²) in [5.74, 6) is 0. The van der Waals surface area contributed by atoms with E-state index in [1.165, 1.54) is 6.42 Å². The Bertz CT molecular complexity index is 143. The average molecular weight is 255 g/mol. The largest absolute Gasteiger partial charge is 0.269 e. The van der Waals surface area contributed by atoms with E-state index in [0.29, 0.717) is 0 Å². The summed E-state index contributed by atoms with van der Waals surface area (Å²) in [6.45, 7) is 0. The summed E-state index contributed by atoms with van der Waals surface area (Å²) in [6, 6.07) is 0. The van der Waals surface area contributed by atoms with Crippen molar-refractivity contribution in [2.45, 2.75) is 35.6 Å². The first-order valence-electron chi connectivity index (χ1n) is 3.48. The fourth-order valence-electron chi connectivity index (χ4n) is 1.28. The second-order valence-corrected chi connectivity index (χ2v) is 4.74. The molecular formula is C6H10INO2. The molecule has 58 valence electrons. The number of halogens is 1. The number of hydrogen-bond acceptors (Lipinski definition) is 2. The number of rotatable bonds is 1. The lowest BCUT2D eigenvalue weighted by Crippen LogP contribution is -2.33. The van der Waals surface area contributed by atoms with Crippen LogP contribution >= 0.6 is 22.6 Å². The van der Waals surface area contributed by atoms with Crippen LogP contribution in [-0.4, -0.2) is 8.47 Å². The highest BCUT2D eigenvalue weighted by molar-refractivity contribution is 14.1. The first-order valence-corrected chi connectivity index (χ1v) is 4.56. The molecule has 0 saturated heterocycles. The topological polar surface area (TPSA) is 43.1 Å². The van der Waals surface area contributed by atoms with Crippen LogP contribution in [0.2, 0.25) is 0 Å². The molecule has 0 spiro atoms. The lowest BCUT2D eigenvalue weighted by Gasteiger charge is -2.22. The van der Waals surface area contributed by atoms with E-state index in [2.05, 4.69) is 0 Å². The molecular weight excluding hydrogens is 245 g/mol. The predicted octanol–water partition coefficient (Wildman–Crippen LogP) is 2.36. The molecule has 0 radical (unpaired) electrons. The van der Waals surface area contributed by atoms with Gasteiger partial charge in [0, 0.05) is 40.4 Å². The highest BCUT2D eigenvalue weighted by atomic mass is 127. The van der Waals surface area contributed by atoms with Crippen LogP contribution in [0.3, 0.4) is 0 Å². The Balaban J connectivity index is 2.56. The van der Waals surface area contributed by atoms with Gasteiger partial charge in [0.1, 0.15) is 0 Å². The van der Waals surface area contributed by atoms with E-state index in [9.17, 15) is 10.1 Å². The van der Waals surface area contributed by atoms with Gasteiger partial charge in [0.05, 0.1) is 0 Å². The first kappa shape index (κ1) is 8.23. The summed E-state index contributed by atoms with van der Waals surface area (Å²) in [4.78, 5) is 10.3. The second kappa shape index (κ2) is 3.02. The Labute approximate surface area is 73.5 Å². The van der Waals surface area contributed by atoms with Gasteiger partial charge < -0.3 is 0 Å². The van der Waals surface area contributed by atoms with Crippen LogP contribution in [0.15, 0.2) is 0 Å².